The smallest absolute Gasteiger partial charge is 0.235 e. The van der Waals surface area contributed by atoms with Crippen LogP contribution in [0.25, 0.3) is 0 Å². The molecule has 108 valence electrons. The number of aryl methyl sites for hydroxylation is 2. The molecule has 0 fully saturated rings. The van der Waals surface area contributed by atoms with Gasteiger partial charge in [0.2, 0.25) is 5.91 Å². The van der Waals surface area contributed by atoms with E-state index in [4.69, 9.17) is 4.52 Å². The zero-order chi connectivity index (χ0) is 14.6. The average molecular weight is 288 g/mol. The molecule has 7 heteroatoms. The fourth-order valence-electron chi connectivity index (χ4n) is 1.76. The highest BCUT2D eigenvalue weighted by molar-refractivity contribution is 7.92. The van der Waals surface area contributed by atoms with Gasteiger partial charge in [0.15, 0.2) is 9.84 Å². The van der Waals surface area contributed by atoms with Crippen LogP contribution in [0.4, 0.5) is 0 Å². The van der Waals surface area contributed by atoms with E-state index in [1.54, 1.807) is 27.7 Å². The zero-order valence-corrected chi connectivity index (χ0v) is 12.5. The second kappa shape index (κ2) is 6.18. The minimum absolute atomic E-state index is 0.0142. The Morgan fingerprint density at radius 2 is 2.00 bits per heavy atom. The lowest BCUT2D eigenvalue weighted by Crippen LogP contribution is -2.32. The van der Waals surface area contributed by atoms with Gasteiger partial charge in [-0.15, -0.1) is 0 Å². The molecule has 0 saturated heterocycles. The summed E-state index contributed by atoms with van der Waals surface area (Å²) < 4.78 is 28.3. The normalized spacial score (nSPS) is 11.8. The van der Waals surface area contributed by atoms with Crippen LogP contribution >= 0.6 is 0 Å². The number of carbonyl (C=O) groups is 1. The molecule has 1 rings (SSSR count). The van der Waals surface area contributed by atoms with Gasteiger partial charge in [-0.25, -0.2) is 8.42 Å². The summed E-state index contributed by atoms with van der Waals surface area (Å²) in [6.45, 7) is 7.36. The van der Waals surface area contributed by atoms with Crippen LogP contribution in [-0.4, -0.2) is 31.0 Å². The lowest BCUT2D eigenvalue weighted by atomic mass is 10.2. The molecule has 1 aromatic rings. The van der Waals surface area contributed by atoms with Crippen molar-refractivity contribution in [2.75, 3.05) is 11.5 Å². The first-order valence-corrected chi connectivity index (χ1v) is 7.92. The molecule has 6 nitrogen and oxygen atoms in total. The number of rotatable bonds is 6. The molecular formula is C12H20N2O4S. The topological polar surface area (TPSA) is 89.3 Å². The van der Waals surface area contributed by atoms with E-state index in [1.807, 2.05) is 0 Å². The Hall–Kier alpha value is -1.37. The number of hydrogen-bond donors (Lipinski definition) is 1. The van der Waals surface area contributed by atoms with E-state index in [0.717, 1.165) is 5.56 Å². The number of amides is 1. The molecule has 0 saturated carbocycles. The number of sulfone groups is 1. The Morgan fingerprint density at radius 3 is 2.47 bits per heavy atom. The predicted molar refractivity (Wildman–Crippen MR) is 71.3 cm³/mol. The first kappa shape index (κ1) is 15.7. The lowest BCUT2D eigenvalue weighted by molar-refractivity contribution is -0.118. The summed E-state index contributed by atoms with van der Waals surface area (Å²) in [6.07, 6.45) is 0. The molecule has 0 aliphatic rings. The van der Waals surface area contributed by atoms with E-state index in [0.29, 0.717) is 11.5 Å². The molecule has 0 spiro atoms. The maximum absolute atomic E-state index is 11.7. The van der Waals surface area contributed by atoms with Crippen LogP contribution in [0.15, 0.2) is 4.52 Å². The van der Waals surface area contributed by atoms with Crippen molar-refractivity contribution in [1.29, 1.82) is 0 Å². The molecule has 1 aromatic heterocycles. The monoisotopic (exact) mass is 288 g/mol. The molecule has 0 aliphatic heterocycles. The van der Waals surface area contributed by atoms with Gasteiger partial charge in [-0.05, 0) is 19.8 Å². The third-order valence-corrected chi connectivity index (χ3v) is 4.46. The van der Waals surface area contributed by atoms with Gasteiger partial charge in [0.05, 0.1) is 11.4 Å². The molecule has 1 heterocycles. The van der Waals surface area contributed by atoms with Crippen molar-refractivity contribution < 1.29 is 17.7 Å². The lowest BCUT2D eigenvalue weighted by Gasteiger charge is -2.07. The molecule has 1 amide bonds. The molecule has 0 unspecified atom stereocenters. The minimum atomic E-state index is -3.34. The molecular weight excluding hydrogens is 268 g/mol. The van der Waals surface area contributed by atoms with E-state index in [-0.39, 0.29) is 18.2 Å². The highest BCUT2D eigenvalue weighted by Crippen LogP contribution is 2.11. The SMILES string of the molecule is Cc1noc(C)c1CNC(=O)CS(=O)(=O)CC(C)C. The van der Waals surface area contributed by atoms with Gasteiger partial charge < -0.3 is 9.84 Å². The van der Waals surface area contributed by atoms with Gasteiger partial charge in [0, 0.05) is 12.1 Å². The van der Waals surface area contributed by atoms with Crippen molar-refractivity contribution in [2.24, 2.45) is 5.92 Å². The summed E-state index contributed by atoms with van der Waals surface area (Å²) in [4.78, 5) is 11.6. The van der Waals surface area contributed by atoms with Crippen molar-refractivity contribution in [3.05, 3.63) is 17.0 Å². The zero-order valence-electron chi connectivity index (χ0n) is 11.7. The second-order valence-electron chi connectivity index (χ2n) is 5.03. The van der Waals surface area contributed by atoms with Crippen LogP contribution in [0.5, 0.6) is 0 Å². The minimum Gasteiger partial charge on any atom is -0.361 e. The Labute approximate surface area is 113 Å². The van der Waals surface area contributed by atoms with Crippen LogP contribution in [0.3, 0.4) is 0 Å². The first-order chi connectivity index (χ1) is 8.71. The van der Waals surface area contributed by atoms with Crippen LogP contribution in [0.1, 0.15) is 30.9 Å². The maximum atomic E-state index is 11.7. The van der Waals surface area contributed by atoms with Crippen molar-refractivity contribution in [2.45, 2.75) is 34.2 Å². The van der Waals surface area contributed by atoms with Gasteiger partial charge in [-0.2, -0.15) is 0 Å². The van der Waals surface area contributed by atoms with Gasteiger partial charge >= 0.3 is 0 Å². The Balaban J connectivity index is 2.53. The van der Waals surface area contributed by atoms with E-state index in [2.05, 4.69) is 10.5 Å². The summed E-state index contributed by atoms with van der Waals surface area (Å²) in [7, 11) is -3.34. The van der Waals surface area contributed by atoms with E-state index in [1.165, 1.54) is 0 Å². The van der Waals surface area contributed by atoms with Crippen LogP contribution in [0, 0.1) is 19.8 Å². The highest BCUT2D eigenvalue weighted by Gasteiger charge is 2.18. The molecule has 1 N–H and O–H groups in total. The van der Waals surface area contributed by atoms with Crippen LogP contribution in [0.2, 0.25) is 0 Å². The van der Waals surface area contributed by atoms with E-state index < -0.39 is 21.5 Å². The largest absolute Gasteiger partial charge is 0.361 e. The van der Waals surface area contributed by atoms with Crippen molar-refractivity contribution in [3.8, 4) is 0 Å². The standard InChI is InChI=1S/C12H20N2O4S/c1-8(2)6-19(16,17)7-12(15)13-5-11-9(3)14-18-10(11)4/h8H,5-7H2,1-4H3,(H,13,15). The molecule has 19 heavy (non-hydrogen) atoms. The fraction of sp³-hybridized carbons (Fsp3) is 0.667. The quantitative estimate of drug-likeness (QED) is 0.842. The number of hydrogen-bond acceptors (Lipinski definition) is 5. The van der Waals surface area contributed by atoms with Gasteiger partial charge in [0.25, 0.3) is 0 Å². The maximum Gasteiger partial charge on any atom is 0.235 e. The second-order valence-corrected chi connectivity index (χ2v) is 7.14. The van der Waals surface area contributed by atoms with E-state index in [9.17, 15) is 13.2 Å². The van der Waals surface area contributed by atoms with Gasteiger partial charge in [-0.3, -0.25) is 4.79 Å². The average Bonchev–Trinajstić information content (AvgIpc) is 2.53. The third kappa shape index (κ3) is 5.02. The van der Waals surface area contributed by atoms with Crippen molar-refractivity contribution in [3.63, 3.8) is 0 Å². The summed E-state index contributed by atoms with van der Waals surface area (Å²) in [5.74, 6) is -0.316. The molecule has 0 aromatic carbocycles. The first-order valence-electron chi connectivity index (χ1n) is 6.10. The Kier molecular flexibility index (Phi) is 5.11. The van der Waals surface area contributed by atoms with Gasteiger partial charge in [-0.1, -0.05) is 19.0 Å². The predicted octanol–water partition coefficient (Wildman–Crippen LogP) is 0.978. The highest BCUT2D eigenvalue weighted by atomic mass is 32.2. The summed E-state index contributed by atoms with van der Waals surface area (Å²) in [6, 6.07) is 0. The molecule has 0 atom stereocenters. The van der Waals surface area contributed by atoms with Crippen LogP contribution in [-0.2, 0) is 21.2 Å². The van der Waals surface area contributed by atoms with Crippen molar-refractivity contribution >= 4 is 15.7 Å². The summed E-state index contributed by atoms with van der Waals surface area (Å²) in [5.41, 5.74) is 1.48. The molecule has 0 aliphatic carbocycles. The molecule has 0 bridgehead atoms. The number of nitrogens with zero attached hydrogens (tertiary/aromatic N) is 1. The fourth-order valence-corrected chi connectivity index (χ4v) is 3.39. The number of carbonyl (C=O) groups excluding carboxylic acids is 1. The number of aromatic nitrogens is 1. The number of nitrogens with one attached hydrogen (secondary N) is 1. The Morgan fingerprint density at radius 1 is 1.37 bits per heavy atom. The van der Waals surface area contributed by atoms with E-state index >= 15 is 0 Å². The summed E-state index contributed by atoms with van der Waals surface area (Å²) in [5, 5.41) is 6.34. The molecule has 0 radical (unpaired) electrons. The third-order valence-electron chi connectivity index (χ3n) is 2.58. The van der Waals surface area contributed by atoms with Gasteiger partial charge in [0.1, 0.15) is 11.5 Å². The van der Waals surface area contributed by atoms with Crippen LogP contribution < -0.4 is 5.32 Å². The van der Waals surface area contributed by atoms with Crippen molar-refractivity contribution in [1.82, 2.24) is 10.5 Å². The Bertz CT molecular complexity index is 527. The summed E-state index contributed by atoms with van der Waals surface area (Å²) >= 11 is 0.